The Morgan fingerprint density at radius 1 is 1.13 bits per heavy atom. The van der Waals surface area contributed by atoms with Crippen molar-refractivity contribution in [2.75, 3.05) is 23.8 Å². The molecule has 0 aromatic carbocycles. The fourth-order valence-corrected chi connectivity index (χ4v) is 2.69. The summed E-state index contributed by atoms with van der Waals surface area (Å²) >= 11 is 0. The van der Waals surface area contributed by atoms with Crippen molar-refractivity contribution < 1.29 is 38.0 Å². The highest BCUT2D eigenvalue weighted by Gasteiger charge is 2.39. The summed E-state index contributed by atoms with van der Waals surface area (Å²) in [5, 5.41) is 34.7. The molecule has 3 rings (SSSR count). The van der Waals surface area contributed by atoms with E-state index in [1.807, 2.05) is 0 Å². The van der Waals surface area contributed by atoms with Crippen LogP contribution < -0.4 is 10.6 Å². The van der Waals surface area contributed by atoms with Crippen LogP contribution in [0.1, 0.15) is 16.2 Å². The SMILES string of the molecule is O=C(O)c1cnc(NC[C@H]2OC[C@H](Nc3cncc(C(F)(F)F)n3)[C@@H](O)[C@H]2O)cn1. The topological polar surface area (TPSA) is 163 Å². The molecular formula is C16H17F3N6O5. The molecule has 30 heavy (non-hydrogen) atoms. The molecule has 1 fully saturated rings. The van der Waals surface area contributed by atoms with E-state index in [1.165, 1.54) is 6.20 Å². The van der Waals surface area contributed by atoms with Gasteiger partial charge >= 0.3 is 12.1 Å². The molecule has 1 aliphatic heterocycles. The summed E-state index contributed by atoms with van der Waals surface area (Å²) in [6.07, 6.45) is -4.43. The molecule has 0 spiro atoms. The number of hydrogen-bond donors (Lipinski definition) is 5. The standard InChI is InChI=1S/C16H17F3N6O5/c17-16(18,19)10-3-20-4-12(25-10)24-8-6-30-9(14(27)13(8)26)2-23-11-5-21-7(1-22-11)15(28)29/h1,3-5,8-9,13-14,26-27H,2,6H2,(H,22,23)(H,24,25)(H,28,29)/t8-,9+,13+,14-/m0/s1. The van der Waals surface area contributed by atoms with Crippen molar-refractivity contribution in [1.82, 2.24) is 19.9 Å². The van der Waals surface area contributed by atoms with Crippen LogP contribution in [-0.2, 0) is 10.9 Å². The highest BCUT2D eigenvalue weighted by Crippen LogP contribution is 2.28. The van der Waals surface area contributed by atoms with E-state index in [2.05, 4.69) is 30.6 Å². The minimum absolute atomic E-state index is 0.00933. The second-order valence-electron chi connectivity index (χ2n) is 6.36. The zero-order chi connectivity index (χ0) is 21.9. The number of rotatable bonds is 6. The van der Waals surface area contributed by atoms with Gasteiger partial charge in [-0.2, -0.15) is 13.2 Å². The molecule has 11 nitrogen and oxygen atoms in total. The average molecular weight is 430 g/mol. The Kier molecular flexibility index (Phi) is 6.28. The maximum absolute atomic E-state index is 12.7. The van der Waals surface area contributed by atoms with Crippen molar-refractivity contribution in [2.24, 2.45) is 0 Å². The third kappa shape index (κ3) is 5.08. The first-order valence-electron chi connectivity index (χ1n) is 8.58. The summed E-state index contributed by atoms with van der Waals surface area (Å²) < 4.78 is 43.7. The van der Waals surface area contributed by atoms with Crippen LogP contribution in [0.25, 0.3) is 0 Å². The largest absolute Gasteiger partial charge is 0.476 e. The Bertz CT molecular complexity index is 884. The quantitative estimate of drug-likeness (QED) is 0.419. The molecular weight excluding hydrogens is 413 g/mol. The maximum Gasteiger partial charge on any atom is 0.434 e. The lowest BCUT2D eigenvalue weighted by Gasteiger charge is -2.38. The van der Waals surface area contributed by atoms with Crippen LogP contribution in [-0.4, -0.2) is 78.7 Å². The van der Waals surface area contributed by atoms with Crippen molar-refractivity contribution in [2.45, 2.75) is 30.5 Å². The lowest BCUT2D eigenvalue weighted by atomic mass is 9.98. The number of hydrogen-bond acceptors (Lipinski definition) is 10. The molecule has 162 valence electrons. The number of carbonyl (C=O) groups is 1. The number of carboxylic acid groups (broad SMARTS) is 1. The van der Waals surface area contributed by atoms with Crippen LogP contribution in [0.2, 0.25) is 0 Å². The Balaban J connectivity index is 1.57. The van der Waals surface area contributed by atoms with Crippen LogP contribution >= 0.6 is 0 Å². The number of nitrogens with zero attached hydrogens (tertiary/aromatic N) is 4. The summed E-state index contributed by atoms with van der Waals surface area (Å²) in [5.41, 5.74) is -1.44. The average Bonchev–Trinajstić information content (AvgIpc) is 2.71. The Labute approximate surface area is 167 Å². The summed E-state index contributed by atoms with van der Waals surface area (Å²) in [5.74, 6) is -1.23. The van der Waals surface area contributed by atoms with Crippen molar-refractivity contribution in [1.29, 1.82) is 0 Å². The second-order valence-corrected chi connectivity index (χ2v) is 6.36. The molecule has 0 aliphatic carbocycles. The van der Waals surface area contributed by atoms with Crippen molar-refractivity contribution in [3.8, 4) is 0 Å². The van der Waals surface area contributed by atoms with Gasteiger partial charge in [0, 0.05) is 6.54 Å². The van der Waals surface area contributed by atoms with E-state index in [4.69, 9.17) is 9.84 Å². The molecule has 2 aromatic rings. The van der Waals surface area contributed by atoms with Gasteiger partial charge in [0.2, 0.25) is 0 Å². The number of nitrogens with one attached hydrogen (secondary N) is 2. The normalized spacial score (nSPS) is 24.3. The molecule has 1 saturated heterocycles. The van der Waals surface area contributed by atoms with Crippen molar-refractivity contribution in [3.63, 3.8) is 0 Å². The highest BCUT2D eigenvalue weighted by atomic mass is 19.4. The minimum atomic E-state index is -4.67. The molecule has 0 radical (unpaired) electrons. The molecule has 2 aromatic heterocycles. The monoisotopic (exact) mass is 430 g/mol. The predicted octanol–water partition coefficient (Wildman–Crippen LogP) is -0.00320. The van der Waals surface area contributed by atoms with Gasteiger partial charge in [0.25, 0.3) is 0 Å². The van der Waals surface area contributed by atoms with E-state index in [-0.39, 0.29) is 30.5 Å². The molecule has 0 bridgehead atoms. The van der Waals surface area contributed by atoms with E-state index in [0.717, 1.165) is 12.4 Å². The van der Waals surface area contributed by atoms with Gasteiger partial charge in [-0.3, -0.25) is 4.98 Å². The first-order valence-corrected chi connectivity index (χ1v) is 8.58. The van der Waals surface area contributed by atoms with Gasteiger partial charge in [-0.25, -0.2) is 19.7 Å². The van der Waals surface area contributed by atoms with Crippen LogP contribution in [0.4, 0.5) is 24.8 Å². The minimum Gasteiger partial charge on any atom is -0.476 e. The van der Waals surface area contributed by atoms with Gasteiger partial charge in [0.05, 0.1) is 37.4 Å². The number of aromatic carboxylic acids is 1. The van der Waals surface area contributed by atoms with Gasteiger partial charge in [0.1, 0.15) is 29.9 Å². The van der Waals surface area contributed by atoms with Crippen LogP contribution in [0.15, 0.2) is 24.8 Å². The van der Waals surface area contributed by atoms with Gasteiger partial charge in [-0.05, 0) is 0 Å². The van der Waals surface area contributed by atoms with Gasteiger partial charge < -0.3 is 30.7 Å². The second kappa shape index (κ2) is 8.73. The molecule has 5 N–H and O–H groups in total. The van der Waals surface area contributed by atoms with Gasteiger partial charge in [-0.1, -0.05) is 0 Å². The summed E-state index contributed by atoms with van der Waals surface area (Å²) in [4.78, 5) is 25.1. The maximum atomic E-state index is 12.7. The Morgan fingerprint density at radius 3 is 2.53 bits per heavy atom. The predicted molar refractivity (Wildman–Crippen MR) is 93.7 cm³/mol. The zero-order valence-electron chi connectivity index (χ0n) is 15.1. The lowest BCUT2D eigenvalue weighted by Crippen LogP contribution is -2.57. The fourth-order valence-electron chi connectivity index (χ4n) is 2.69. The van der Waals surface area contributed by atoms with Crippen LogP contribution in [0.3, 0.4) is 0 Å². The molecule has 0 saturated carbocycles. The number of aliphatic hydroxyl groups excluding tert-OH is 2. The lowest BCUT2D eigenvalue weighted by molar-refractivity contribution is -0.141. The third-order valence-corrected chi connectivity index (χ3v) is 4.25. The molecule has 14 heteroatoms. The first kappa shape index (κ1) is 21.6. The number of aliphatic hydroxyl groups is 2. The molecule has 3 heterocycles. The number of anilines is 2. The van der Waals surface area contributed by atoms with Crippen LogP contribution in [0, 0.1) is 0 Å². The zero-order valence-corrected chi connectivity index (χ0v) is 15.1. The number of aromatic nitrogens is 4. The number of halogens is 3. The Hall–Kier alpha value is -3.10. The Morgan fingerprint density at radius 2 is 1.90 bits per heavy atom. The number of carboxylic acids is 1. The molecule has 4 atom stereocenters. The number of alkyl halides is 3. The van der Waals surface area contributed by atoms with E-state index in [9.17, 15) is 28.2 Å². The van der Waals surface area contributed by atoms with E-state index in [0.29, 0.717) is 6.20 Å². The molecule has 0 amide bonds. The fraction of sp³-hybridized carbons (Fsp3) is 0.438. The smallest absolute Gasteiger partial charge is 0.434 e. The highest BCUT2D eigenvalue weighted by molar-refractivity contribution is 5.84. The summed E-state index contributed by atoms with van der Waals surface area (Å²) in [6.45, 7) is -0.123. The van der Waals surface area contributed by atoms with Gasteiger partial charge in [-0.15, -0.1) is 0 Å². The first-order chi connectivity index (χ1) is 14.1. The summed E-state index contributed by atoms with van der Waals surface area (Å²) in [6, 6.07) is -0.927. The van der Waals surface area contributed by atoms with E-state index < -0.39 is 42.2 Å². The van der Waals surface area contributed by atoms with Gasteiger partial charge in [0.15, 0.2) is 11.4 Å². The van der Waals surface area contributed by atoms with Crippen LogP contribution in [0.5, 0.6) is 0 Å². The van der Waals surface area contributed by atoms with Crippen molar-refractivity contribution >= 4 is 17.6 Å². The van der Waals surface area contributed by atoms with Crippen molar-refractivity contribution in [3.05, 3.63) is 36.2 Å². The molecule has 0 unspecified atom stereocenters. The summed E-state index contributed by atoms with van der Waals surface area (Å²) in [7, 11) is 0. The number of ether oxygens (including phenoxy) is 1. The van der Waals surface area contributed by atoms with E-state index in [1.54, 1.807) is 0 Å². The third-order valence-electron chi connectivity index (χ3n) is 4.25. The molecule has 1 aliphatic rings. The van der Waals surface area contributed by atoms with E-state index >= 15 is 0 Å².